The molecule has 3 aromatic rings. The Hall–Kier alpha value is -2.51. The normalized spacial score (nSPS) is 24.0. The Bertz CT molecular complexity index is 1360. The SMILES string of the molecule is Cc1cccc(C(=O)N=Nc2c(O)n(CN3C[C@@]4(C)C[C@H]3CC(C)(C)C4)c3ccc(Br)cc23)c1C. The van der Waals surface area contributed by atoms with Gasteiger partial charge in [-0.25, -0.2) is 0 Å². The number of benzene rings is 2. The second-order valence-electron chi connectivity index (χ2n) is 11.6. The molecule has 5 rings (SSSR count). The molecule has 35 heavy (non-hydrogen) atoms. The van der Waals surface area contributed by atoms with Crippen molar-refractivity contribution in [1.29, 1.82) is 0 Å². The summed E-state index contributed by atoms with van der Waals surface area (Å²) in [6.07, 6.45) is 3.57. The fourth-order valence-electron chi connectivity index (χ4n) is 6.59. The summed E-state index contributed by atoms with van der Waals surface area (Å²) in [6, 6.07) is 11.9. The molecule has 2 heterocycles. The molecule has 0 unspecified atom stereocenters. The lowest BCUT2D eigenvalue weighted by Gasteiger charge is -2.40. The van der Waals surface area contributed by atoms with Crippen LogP contribution in [-0.2, 0) is 6.67 Å². The number of fused-ring (bicyclic) bond motifs is 3. The van der Waals surface area contributed by atoms with E-state index in [1.165, 1.54) is 12.8 Å². The summed E-state index contributed by atoms with van der Waals surface area (Å²) < 4.78 is 2.79. The maximum absolute atomic E-state index is 12.8. The Morgan fingerprint density at radius 2 is 1.94 bits per heavy atom. The topological polar surface area (TPSA) is 70.2 Å². The van der Waals surface area contributed by atoms with Gasteiger partial charge in [-0.1, -0.05) is 48.8 Å². The summed E-state index contributed by atoms with van der Waals surface area (Å²) in [5.74, 6) is -0.369. The van der Waals surface area contributed by atoms with Crippen LogP contribution in [0, 0.1) is 24.7 Å². The lowest BCUT2D eigenvalue weighted by molar-refractivity contribution is 0.0994. The molecule has 1 amide bonds. The van der Waals surface area contributed by atoms with E-state index < -0.39 is 5.91 Å². The highest BCUT2D eigenvalue weighted by atomic mass is 79.9. The van der Waals surface area contributed by atoms with Crippen molar-refractivity contribution in [3.8, 4) is 5.88 Å². The van der Waals surface area contributed by atoms with Gasteiger partial charge in [-0.3, -0.25) is 14.3 Å². The molecule has 0 radical (unpaired) electrons. The van der Waals surface area contributed by atoms with Crippen LogP contribution < -0.4 is 0 Å². The molecule has 184 valence electrons. The number of likely N-dealkylation sites (tertiary alicyclic amines) is 1. The van der Waals surface area contributed by atoms with E-state index in [1.54, 1.807) is 6.07 Å². The Morgan fingerprint density at radius 3 is 2.71 bits per heavy atom. The van der Waals surface area contributed by atoms with Crippen molar-refractivity contribution in [2.75, 3.05) is 6.54 Å². The third-order valence-electron chi connectivity index (χ3n) is 7.89. The lowest BCUT2D eigenvalue weighted by Crippen LogP contribution is -2.35. The van der Waals surface area contributed by atoms with E-state index in [9.17, 15) is 9.90 Å². The third-order valence-corrected chi connectivity index (χ3v) is 8.39. The van der Waals surface area contributed by atoms with E-state index >= 15 is 0 Å². The van der Waals surface area contributed by atoms with Gasteiger partial charge in [0.05, 0.1) is 12.2 Å². The first kappa shape index (κ1) is 24.2. The molecule has 2 atom stereocenters. The molecule has 1 saturated heterocycles. The summed E-state index contributed by atoms with van der Waals surface area (Å²) in [4.78, 5) is 15.3. The molecule has 1 aliphatic carbocycles. The quantitative estimate of drug-likeness (QED) is 0.350. The average molecular weight is 538 g/mol. The maximum Gasteiger partial charge on any atom is 0.295 e. The lowest BCUT2D eigenvalue weighted by atomic mass is 9.65. The van der Waals surface area contributed by atoms with Gasteiger partial charge in [0.2, 0.25) is 5.88 Å². The molecule has 7 heteroatoms. The predicted octanol–water partition coefficient (Wildman–Crippen LogP) is 7.51. The van der Waals surface area contributed by atoms with Gasteiger partial charge in [-0.05, 0) is 79.3 Å². The summed E-state index contributed by atoms with van der Waals surface area (Å²) in [5, 5.41) is 20.4. The van der Waals surface area contributed by atoms with Gasteiger partial charge in [0.15, 0.2) is 5.69 Å². The van der Waals surface area contributed by atoms with Crippen molar-refractivity contribution in [1.82, 2.24) is 9.47 Å². The second kappa shape index (κ2) is 8.56. The zero-order valence-corrected chi connectivity index (χ0v) is 22.7. The van der Waals surface area contributed by atoms with Crippen LogP contribution in [-0.4, -0.2) is 33.1 Å². The molecule has 0 spiro atoms. The predicted molar refractivity (Wildman–Crippen MR) is 142 cm³/mol. The molecule has 1 saturated carbocycles. The third kappa shape index (κ3) is 4.45. The molecule has 2 fully saturated rings. The largest absolute Gasteiger partial charge is 0.493 e. The van der Waals surface area contributed by atoms with E-state index in [4.69, 9.17) is 0 Å². The van der Waals surface area contributed by atoms with Crippen LogP contribution in [0.1, 0.15) is 61.5 Å². The number of carbonyl (C=O) groups is 1. The Balaban J connectivity index is 1.50. The van der Waals surface area contributed by atoms with Gasteiger partial charge < -0.3 is 5.11 Å². The molecule has 2 aliphatic rings. The van der Waals surface area contributed by atoms with Crippen molar-refractivity contribution >= 4 is 38.4 Å². The van der Waals surface area contributed by atoms with Gasteiger partial charge >= 0.3 is 0 Å². The standard InChI is InChI=1S/C28H33BrN4O2/c1-17-7-6-8-21(18(17)2)25(34)31-30-24-22-11-19(29)9-10-23(22)33(26(24)35)16-32-15-28(5)13-20(32)12-27(3,4)14-28/h6-11,20,35H,12-16H2,1-5H3/t20-,28+/m1/s1. The van der Waals surface area contributed by atoms with Crippen molar-refractivity contribution in [2.24, 2.45) is 21.1 Å². The molecular weight excluding hydrogens is 504 g/mol. The number of aryl methyl sites for hydroxylation is 1. The maximum atomic E-state index is 12.8. The number of rotatable bonds is 4. The van der Waals surface area contributed by atoms with E-state index in [1.807, 2.05) is 48.7 Å². The number of carbonyl (C=O) groups excluding carboxylic acids is 1. The summed E-state index contributed by atoms with van der Waals surface area (Å²) in [5.41, 5.74) is 4.28. The monoisotopic (exact) mass is 536 g/mol. The van der Waals surface area contributed by atoms with E-state index in [0.29, 0.717) is 34.8 Å². The smallest absolute Gasteiger partial charge is 0.295 e. The highest BCUT2D eigenvalue weighted by Crippen LogP contribution is 2.53. The highest BCUT2D eigenvalue weighted by molar-refractivity contribution is 9.10. The molecule has 1 N–H and O–H groups in total. The van der Waals surface area contributed by atoms with E-state index in [-0.39, 0.29) is 5.88 Å². The highest BCUT2D eigenvalue weighted by Gasteiger charge is 2.49. The van der Waals surface area contributed by atoms with Crippen molar-refractivity contribution in [3.05, 3.63) is 57.6 Å². The first-order valence-electron chi connectivity index (χ1n) is 12.2. The van der Waals surface area contributed by atoms with Gasteiger partial charge in [0, 0.05) is 28.0 Å². The first-order chi connectivity index (χ1) is 16.5. The van der Waals surface area contributed by atoms with Crippen LogP contribution in [0.4, 0.5) is 5.69 Å². The number of halogens is 1. The number of hydrogen-bond donors (Lipinski definition) is 1. The summed E-state index contributed by atoms with van der Waals surface area (Å²) >= 11 is 3.54. The number of aromatic nitrogens is 1. The fourth-order valence-corrected chi connectivity index (χ4v) is 6.95. The van der Waals surface area contributed by atoms with E-state index in [0.717, 1.165) is 39.5 Å². The van der Waals surface area contributed by atoms with E-state index in [2.05, 4.69) is 51.8 Å². The van der Waals surface area contributed by atoms with Crippen LogP contribution >= 0.6 is 15.9 Å². The van der Waals surface area contributed by atoms with Crippen molar-refractivity contribution in [3.63, 3.8) is 0 Å². The number of amides is 1. The Morgan fingerprint density at radius 1 is 1.17 bits per heavy atom. The Kier molecular flexibility index (Phi) is 5.92. The van der Waals surface area contributed by atoms with Crippen LogP contribution in [0.3, 0.4) is 0 Å². The molecular formula is C28H33BrN4O2. The van der Waals surface area contributed by atoms with Crippen LogP contribution in [0.5, 0.6) is 5.88 Å². The number of aromatic hydroxyl groups is 1. The summed E-state index contributed by atoms with van der Waals surface area (Å²) in [6.45, 7) is 12.6. The van der Waals surface area contributed by atoms with Gasteiger partial charge in [0.25, 0.3) is 5.91 Å². The van der Waals surface area contributed by atoms with Crippen LogP contribution in [0.25, 0.3) is 10.9 Å². The molecule has 2 bridgehead atoms. The summed E-state index contributed by atoms with van der Waals surface area (Å²) in [7, 11) is 0. The minimum atomic E-state index is -0.412. The van der Waals surface area contributed by atoms with Crippen LogP contribution in [0.15, 0.2) is 51.1 Å². The first-order valence-corrected chi connectivity index (χ1v) is 13.0. The minimum absolute atomic E-state index is 0.0430. The molecule has 1 aromatic heterocycles. The zero-order valence-electron chi connectivity index (χ0n) is 21.1. The molecule has 2 aromatic carbocycles. The minimum Gasteiger partial charge on any atom is -0.493 e. The average Bonchev–Trinajstić information content (AvgIpc) is 3.16. The van der Waals surface area contributed by atoms with Crippen molar-refractivity contribution in [2.45, 2.75) is 66.6 Å². The van der Waals surface area contributed by atoms with Crippen LogP contribution in [0.2, 0.25) is 0 Å². The van der Waals surface area contributed by atoms with Crippen molar-refractivity contribution < 1.29 is 9.90 Å². The zero-order chi connectivity index (χ0) is 25.1. The van der Waals surface area contributed by atoms with Gasteiger partial charge in [-0.15, -0.1) is 10.2 Å². The number of nitrogens with zero attached hydrogens (tertiary/aromatic N) is 4. The fraction of sp³-hybridized carbons (Fsp3) is 0.464. The molecule has 6 nitrogen and oxygen atoms in total. The molecule has 1 aliphatic heterocycles. The number of azo groups is 1. The van der Waals surface area contributed by atoms with Gasteiger partial charge in [0.1, 0.15) is 0 Å². The second-order valence-corrected chi connectivity index (χ2v) is 12.5. The Labute approximate surface area is 215 Å². The van der Waals surface area contributed by atoms with Gasteiger partial charge in [-0.2, -0.15) is 0 Å². The number of hydrogen-bond acceptors (Lipinski definition) is 4.